The molecule has 0 unspecified atom stereocenters. The lowest BCUT2D eigenvalue weighted by molar-refractivity contribution is 0.502. The molecule has 1 aliphatic heterocycles. The molecule has 1 aliphatic rings. The molecule has 0 radical (unpaired) electrons. The average molecular weight is 491 g/mol. The van der Waals surface area contributed by atoms with Gasteiger partial charge in [-0.05, 0) is 54.3 Å². The average Bonchev–Trinajstić information content (AvgIpc) is 2.85. The number of fused-ring (bicyclic) bond motifs is 1. The lowest BCUT2D eigenvalue weighted by atomic mass is 9.94. The van der Waals surface area contributed by atoms with Crippen molar-refractivity contribution in [3.63, 3.8) is 0 Å². The van der Waals surface area contributed by atoms with Crippen LogP contribution in [0.1, 0.15) is 18.4 Å². The summed E-state index contributed by atoms with van der Waals surface area (Å²) in [5.41, 5.74) is 13.7. The Morgan fingerprint density at radius 1 is 0.944 bits per heavy atom. The molecule has 5 rings (SSSR count). The Morgan fingerprint density at radius 3 is 2.31 bits per heavy atom. The summed E-state index contributed by atoms with van der Waals surface area (Å²) in [5, 5.41) is 9.87. The van der Waals surface area contributed by atoms with E-state index in [1.165, 1.54) is 12.1 Å². The first-order valence-corrected chi connectivity index (χ1v) is 11.3. The fraction of sp³-hybridized carbons (Fsp3) is 0.185. The van der Waals surface area contributed by atoms with Gasteiger partial charge in [0.25, 0.3) is 0 Å². The number of hydrogen-bond donors (Lipinski definition) is 2. The van der Waals surface area contributed by atoms with Gasteiger partial charge in [-0.25, -0.2) is 17.6 Å². The standard InChI is InChI=1S/C27H21F4N5/c28-17-7-15(8-18(29)11-17)21-13-35-23-2-1-14(24-25(31)22(30)10-16(12-32)26(24)34)9-20(23)27(21)36-5-3-19(33)4-6-36/h1-2,7-11,13,19H,3-6,33-34H2. The number of halogens is 4. The molecule has 182 valence electrons. The molecule has 3 aromatic carbocycles. The number of benzene rings is 3. The minimum absolute atomic E-state index is 0.0329. The number of pyridine rings is 1. The smallest absolute Gasteiger partial charge is 0.168 e. The van der Waals surface area contributed by atoms with Crippen LogP contribution in [0.2, 0.25) is 0 Å². The molecule has 0 bridgehead atoms. The van der Waals surface area contributed by atoms with Gasteiger partial charge in [-0.3, -0.25) is 4.98 Å². The zero-order valence-corrected chi connectivity index (χ0v) is 19.0. The summed E-state index contributed by atoms with van der Waals surface area (Å²) in [6.45, 7) is 1.18. The van der Waals surface area contributed by atoms with Crippen LogP contribution in [0, 0.1) is 34.6 Å². The van der Waals surface area contributed by atoms with Gasteiger partial charge in [-0.2, -0.15) is 5.26 Å². The minimum atomic E-state index is -1.19. The molecule has 0 amide bonds. The summed E-state index contributed by atoms with van der Waals surface area (Å²) < 4.78 is 57.5. The second kappa shape index (κ2) is 9.13. The van der Waals surface area contributed by atoms with E-state index >= 15 is 0 Å². The van der Waals surface area contributed by atoms with E-state index < -0.39 is 23.3 Å². The van der Waals surface area contributed by atoms with Gasteiger partial charge in [0, 0.05) is 47.9 Å². The molecule has 0 aliphatic carbocycles. The first-order chi connectivity index (χ1) is 17.3. The van der Waals surface area contributed by atoms with E-state index in [-0.39, 0.29) is 28.4 Å². The second-order valence-corrected chi connectivity index (χ2v) is 8.86. The summed E-state index contributed by atoms with van der Waals surface area (Å²) >= 11 is 0. The molecule has 0 spiro atoms. The topological polar surface area (TPSA) is 92.0 Å². The number of piperidine rings is 1. The Hall–Kier alpha value is -4.16. The first kappa shape index (κ1) is 23.6. The van der Waals surface area contributed by atoms with E-state index in [4.69, 9.17) is 11.5 Å². The fourth-order valence-corrected chi connectivity index (χ4v) is 4.73. The molecule has 1 saturated heterocycles. The van der Waals surface area contributed by atoms with Crippen molar-refractivity contribution < 1.29 is 17.6 Å². The van der Waals surface area contributed by atoms with E-state index in [2.05, 4.69) is 9.88 Å². The van der Waals surface area contributed by atoms with Gasteiger partial charge in [0.1, 0.15) is 17.7 Å². The van der Waals surface area contributed by atoms with Crippen molar-refractivity contribution in [1.82, 2.24) is 4.98 Å². The summed E-state index contributed by atoms with van der Waals surface area (Å²) in [5.74, 6) is -3.83. The van der Waals surface area contributed by atoms with Crippen molar-refractivity contribution in [2.75, 3.05) is 23.7 Å². The zero-order chi connectivity index (χ0) is 25.6. The predicted molar refractivity (Wildman–Crippen MR) is 131 cm³/mol. The van der Waals surface area contributed by atoms with Crippen LogP contribution < -0.4 is 16.4 Å². The lowest BCUT2D eigenvalue weighted by Crippen LogP contribution is -2.40. The molecule has 1 fully saturated rings. The highest BCUT2D eigenvalue weighted by atomic mass is 19.2. The van der Waals surface area contributed by atoms with Crippen molar-refractivity contribution in [1.29, 1.82) is 5.26 Å². The Balaban J connectivity index is 1.80. The summed E-state index contributed by atoms with van der Waals surface area (Å²) in [6, 6.07) is 10.6. The van der Waals surface area contributed by atoms with Crippen molar-refractivity contribution in [2.24, 2.45) is 5.73 Å². The van der Waals surface area contributed by atoms with Crippen LogP contribution in [0.25, 0.3) is 33.2 Å². The third-order valence-electron chi connectivity index (χ3n) is 6.54. The van der Waals surface area contributed by atoms with Gasteiger partial charge in [-0.15, -0.1) is 0 Å². The molecule has 2 heterocycles. The highest BCUT2D eigenvalue weighted by Gasteiger charge is 2.24. The van der Waals surface area contributed by atoms with Crippen LogP contribution in [-0.4, -0.2) is 24.1 Å². The number of nitrogens with two attached hydrogens (primary N) is 2. The van der Waals surface area contributed by atoms with Crippen LogP contribution in [0.4, 0.5) is 28.9 Å². The predicted octanol–water partition coefficient (Wildman–Crippen LogP) is 5.51. The third-order valence-corrected chi connectivity index (χ3v) is 6.54. The SMILES string of the molecule is N#Cc1cc(F)c(F)c(-c2ccc3ncc(-c4cc(F)cc(F)c4)c(N4CCC(N)CC4)c3c2)c1N. The number of nitrogen functional groups attached to an aromatic ring is 1. The van der Waals surface area contributed by atoms with Gasteiger partial charge >= 0.3 is 0 Å². The van der Waals surface area contributed by atoms with E-state index in [1.807, 2.05) is 0 Å². The normalized spacial score (nSPS) is 14.3. The Bertz CT molecular complexity index is 1520. The van der Waals surface area contributed by atoms with Crippen molar-refractivity contribution in [2.45, 2.75) is 18.9 Å². The molecule has 4 N–H and O–H groups in total. The molecule has 0 atom stereocenters. The monoisotopic (exact) mass is 491 g/mol. The van der Waals surface area contributed by atoms with Crippen LogP contribution in [0.5, 0.6) is 0 Å². The number of anilines is 2. The Labute approximate surface area is 204 Å². The number of nitriles is 1. The zero-order valence-electron chi connectivity index (χ0n) is 19.0. The highest BCUT2D eigenvalue weighted by Crippen LogP contribution is 2.41. The molecule has 36 heavy (non-hydrogen) atoms. The number of rotatable bonds is 3. The fourth-order valence-electron chi connectivity index (χ4n) is 4.73. The quantitative estimate of drug-likeness (QED) is 0.291. The van der Waals surface area contributed by atoms with Gasteiger partial charge in [0.2, 0.25) is 0 Å². The Morgan fingerprint density at radius 2 is 1.64 bits per heavy atom. The third kappa shape index (κ3) is 4.10. The first-order valence-electron chi connectivity index (χ1n) is 11.3. The summed E-state index contributed by atoms with van der Waals surface area (Å²) in [7, 11) is 0. The lowest BCUT2D eigenvalue weighted by Gasteiger charge is -2.34. The molecular formula is C27H21F4N5. The van der Waals surface area contributed by atoms with Crippen LogP contribution in [-0.2, 0) is 0 Å². The largest absolute Gasteiger partial charge is 0.397 e. The van der Waals surface area contributed by atoms with Crippen LogP contribution >= 0.6 is 0 Å². The van der Waals surface area contributed by atoms with E-state index in [0.717, 1.165) is 12.1 Å². The summed E-state index contributed by atoms with van der Waals surface area (Å²) in [4.78, 5) is 6.53. The van der Waals surface area contributed by atoms with E-state index in [1.54, 1.807) is 30.5 Å². The number of aromatic nitrogens is 1. The second-order valence-electron chi connectivity index (χ2n) is 8.86. The van der Waals surface area contributed by atoms with Crippen molar-refractivity contribution in [3.8, 4) is 28.3 Å². The maximum Gasteiger partial charge on any atom is 0.168 e. The highest BCUT2D eigenvalue weighted by molar-refractivity contribution is 6.02. The van der Waals surface area contributed by atoms with Gasteiger partial charge in [0.05, 0.1) is 22.5 Å². The van der Waals surface area contributed by atoms with Gasteiger partial charge in [-0.1, -0.05) is 6.07 Å². The minimum Gasteiger partial charge on any atom is -0.397 e. The van der Waals surface area contributed by atoms with Crippen molar-refractivity contribution in [3.05, 3.63) is 77.5 Å². The maximum atomic E-state index is 14.9. The number of nitrogens with zero attached hydrogens (tertiary/aromatic N) is 3. The summed E-state index contributed by atoms with van der Waals surface area (Å²) in [6.07, 6.45) is 2.96. The van der Waals surface area contributed by atoms with Crippen LogP contribution in [0.15, 0.2) is 48.7 Å². The molecule has 0 saturated carbocycles. The molecule has 1 aromatic heterocycles. The molecule has 9 heteroatoms. The Kier molecular flexibility index (Phi) is 5.98. The molecule has 4 aromatic rings. The number of hydrogen-bond acceptors (Lipinski definition) is 5. The molecular weight excluding hydrogens is 470 g/mol. The molecule has 5 nitrogen and oxygen atoms in total. The van der Waals surface area contributed by atoms with Gasteiger partial charge in [0.15, 0.2) is 11.6 Å². The van der Waals surface area contributed by atoms with E-state index in [0.29, 0.717) is 53.6 Å². The van der Waals surface area contributed by atoms with Gasteiger partial charge < -0.3 is 16.4 Å². The van der Waals surface area contributed by atoms with Crippen molar-refractivity contribution >= 4 is 22.3 Å². The maximum absolute atomic E-state index is 14.9. The van der Waals surface area contributed by atoms with E-state index in [9.17, 15) is 22.8 Å². The van der Waals surface area contributed by atoms with Crippen LogP contribution in [0.3, 0.4) is 0 Å².